The first kappa shape index (κ1) is 8.73. The lowest BCUT2D eigenvalue weighted by Crippen LogP contribution is -2.27. The minimum Gasteiger partial charge on any atom is -0.364 e. The monoisotopic (exact) mass is 177 g/mol. The van der Waals surface area contributed by atoms with Crippen molar-refractivity contribution in [3.8, 4) is 0 Å². The van der Waals surface area contributed by atoms with E-state index in [0.717, 1.165) is 19.9 Å². The Morgan fingerprint density at radius 2 is 2.15 bits per heavy atom. The normalized spacial score (nSPS) is 23.6. The van der Waals surface area contributed by atoms with Crippen LogP contribution in [0.4, 0.5) is 0 Å². The third kappa shape index (κ3) is 2.08. The van der Waals surface area contributed by atoms with Crippen molar-refractivity contribution in [2.75, 3.05) is 13.3 Å². The lowest BCUT2D eigenvalue weighted by atomic mass is 10.2. The van der Waals surface area contributed by atoms with Crippen molar-refractivity contribution in [2.24, 2.45) is 0 Å². The molecule has 13 heavy (non-hydrogen) atoms. The van der Waals surface area contributed by atoms with Gasteiger partial charge >= 0.3 is 0 Å². The molecule has 1 aliphatic heterocycles. The third-order valence-electron chi connectivity index (χ3n) is 2.47. The van der Waals surface area contributed by atoms with Crippen LogP contribution >= 0.6 is 0 Å². The zero-order valence-electron chi connectivity index (χ0n) is 7.94. The number of hydrogen-bond acceptors (Lipinski definition) is 2. The highest BCUT2D eigenvalue weighted by atomic mass is 16.5. The zero-order valence-corrected chi connectivity index (χ0v) is 7.94. The van der Waals surface area contributed by atoms with Gasteiger partial charge in [-0.2, -0.15) is 0 Å². The van der Waals surface area contributed by atoms with E-state index in [1.165, 1.54) is 5.56 Å². The summed E-state index contributed by atoms with van der Waals surface area (Å²) in [5.74, 6) is 0. The molecule has 0 N–H and O–H groups in total. The fourth-order valence-electron chi connectivity index (χ4n) is 1.59. The molecule has 2 rings (SSSR count). The van der Waals surface area contributed by atoms with Gasteiger partial charge in [0.1, 0.15) is 0 Å². The maximum absolute atomic E-state index is 5.37. The Balaban J connectivity index is 1.98. The average Bonchev–Trinajstić information content (AvgIpc) is 2.54. The molecule has 70 valence electrons. The van der Waals surface area contributed by atoms with Crippen molar-refractivity contribution in [3.63, 3.8) is 0 Å². The highest BCUT2D eigenvalue weighted by molar-refractivity contribution is 5.14. The van der Waals surface area contributed by atoms with Crippen molar-refractivity contribution in [1.82, 2.24) is 4.90 Å². The fraction of sp³-hybridized carbons (Fsp3) is 0.455. The summed E-state index contributed by atoms with van der Waals surface area (Å²) in [7, 11) is 0. The van der Waals surface area contributed by atoms with Crippen molar-refractivity contribution < 1.29 is 4.74 Å². The van der Waals surface area contributed by atoms with Crippen LogP contribution in [0.15, 0.2) is 30.3 Å². The van der Waals surface area contributed by atoms with E-state index in [9.17, 15) is 0 Å². The molecule has 0 aromatic heterocycles. The summed E-state index contributed by atoms with van der Waals surface area (Å²) < 4.78 is 5.37. The molecule has 0 radical (unpaired) electrons. The van der Waals surface area contributed by atoms with E-state index in [-0.39, 0.29) is 0 Å². The number of hydrogen-bond donors (Lipinski definition) is 0. The highest BCUT2D eigenvalue weighted by Gasteiger charge is 2.20. The predicted molar refractivity (Wildman–Crippen MR) is 52.3 cm³/mol. The summed E-state index contributed by atoms with van der Waals surface area (Å²) in [5, 5.41) is 0. The van der Waals surface area contributed by atoms with Gasteiger partial charge in [0, 0.05) is 12.6 Å². The molecular weight excluding hydrogens is 162 g/mol. The van der Waals surface area contributed by atoms with Gasteiger partial charge in [-0.25, -0.2) is 0 Å². The SMILES string of the molecule is CC1COCN1Cc1ccccc1. The minimum atomic E-state index is 0.556. The van der Waals surface area contributed by atoms with Gasteiger partial charge in [0.25, 0.3) is 0 Å². The molecule has 2 nitrogen and oxygen atoms in total. The Kier molecular flexibility index (Phi) is 2.62. The van der Waals surface area contributed by atoms with Crippen LogP contribution in [0, 0.1) is 0 Å². The second-order valence-corrected chi connectivity index (χ2v) is 3.58. The van der Waals surface area contributed by atoms with E-state index in [0.29, 0.717) is 6.04 Å². The summed E-state index contributed by atoms with van der Waals surface area (Å²) in [4.78, 5) is 2.34. The Morgan fingerprint density at radius 1 is 1.38 bits per heavy atom. The molecule has 1 fully saturated rings. The first-order valence-electron chi connectivity index (χ1n) is 4.72. The molecule has 0 bridgehead atoms. The molecule has 1 heterocycles. The van der Waals surface area contributed by atoms with E-state index in [1.807, 2.05) is 6.07 Å². The lowest BCUT2D eigenvalue weighted by Gasteiger charge is -2.18. The zero-order chi connectivity index (χ0) is 9.10. The molecule has 1 aliphatic rings. The smallest absolute Gasteiger partial charge is 0.0996 e. The Bertz CT molecular complexity index is 260. The van der Waals surface area contributed by atoms with Gasteiger partial charge in [-0.1, -0.05) is 30.3 Å². The third-order valence-corrected chi connectivity index (χ3v) is 2.47. The van der Waals surface area contributed by atoms with Crippen LogP contribution in [0.5, 0.6) is 0 Å². The molecule has 0 aliphatic carbocycles. The summed E-state index contributed by atoms with van der Waals surface area (Å²) in [6.07, 6.45) is 0. The summed E-state index contributed by atoms with van der Waals surface area (Å²) in [6, 6.07) is 11.1. The number of nitrogens with zero attached hydrogens (tertiary/aromatic N) is 1. The van der Waals surface area contributed by atoms with E-state index in [4.69, 9.17) is 4.74 Å². The highest BCUT2D eigenvalue weighted by Crippen LogP contribution is 2.13. The summed E-state index contributed by atoms with van der Waals surface area (Å²) in [5.41, 5.74) is 1.36. The first-order valence-corrected chi connectivity index (χ1v) is 4.72. The van der Waals surface area contributed by atoms with Gasteiger partial charge in [-0.3, -0.25) is 4.90 Å². The van der Waals surface area contributed by atoms with E-state index in [2.05, 4.69) is 36.1 Å². The van der Waals surface area contributed by atoms with Crippen LogP contribution in [0.1, 0.15) is 12.5 Å². The maximum atomic E-state index is 5.37. The molecule has 2 heteroatoms. The van der Waals surface area contributed by atoms with Crippen LogP contribution in [-0.4, -0.2) is 24.3 Å². The molecule has 0 spiro atoms. The summed E-state index contributed by atoms with van der Waals surface area (Å²) in [6.45, 7) is 4.85. The van der Waals surface area contributed by atoms with Crippen LogP contribution in [0.25, 0.3) is 0 Å². The fourth-order valence-corrected chi connectivity index (χ4v) is 1.59. The van der Waals surface area contributed by atoms with Crippen LogP contribution in [-0.2, 0) is 11.3 Å². The molecule has 1 aromatic carbocycles. The van der Waals surface area contributed by atoms with Gasteiger partial charge in [0.2, 0.25) is 0 Å². The van der Waals surface area contributed by atoms with Crippen LogP contribution in [0.3, 0.4) is 0 Å². The minimum absolute atomic E-state index is 0.556. The van der Waals surface area contributed by atoms with E-state index in [1.54, 1.807) is 0 Å². The first-order chi connectivity index (χ1) is 6.36. The van der Waals surface area contributed by atoms with Crippen molar-refractivity contribution in [2.45, 2.75) is 19.5 Å². The number of ether oxygens (including phenoxy) is 1. The predicted octanol–water partition coefficient (Wildman–Crippen LogP) is 1.86. The van der Waals surface area contributed by atoms with Gasteiger partial charge in [0.05, 0.1) is 13.3 Å². The van der Waals surface area contributed by atoms with Crippen molar-refractivity contribution >= 4 is 0 Å². The quantitative estimate of drug-likeness (QED) is 0.683. The molecule has 1 atom stereocenters. The van der Waals surface area contributed by atoms with Crippen LogP contribution in [0.2, 0.25) is 0 Å². The van der Waals surface area contributed by atoms with Gasteiger partial charge in [0.15, 0.2) is 0 Å². The lowest BCUT2D eigenvalue weighted by molar-refractivity contribution is 0.135. The standard InChI is InChI=1S/C11H15NO/c1-10-8-13-9-12(10)7-11-5-3-2-4-6-11/h2-6,10H,7-9H2,1H3. The average molecular weight is 177 g/mol. The van der Waals surface area contributed by atoms with E-state index >= 15 is 0 Å². The van der Waals surface area contributed by atoms with Gasteiger partial charge in [-0.05, 0) is 12.5 Å². The Labute approximate surface area is 79.1 Å². The van der Waals surface area contributed by atoms with E-state index < -0.39 is 0 Å². The molecule has 1 saturated heterocycles. The molecule has 0 amide bonds. The molecule has 1 aromatic rings. The van der Waals surface area contributed by atoms with Crippen LogP contribution < -0.4 is 0 Å². The Hall–Kier alpha value is -0.860. The molecule has 0 saturated carbocycles. The number of benzene rings is 1. The molecule has 1 unspecified atom stereocenters. The topological polar surface area (TPSA) is 12.5 Å². The van der Waals surface area contributed by atoms with Crippen molar-refractivity contribution in [3.05, 3.63) is 35.9 Å². The Morgan fingerprint density at radius 3 is 2.77 bits per heavy atom. The second kappa shape index (κ2) is 3.90. The summed E-state index contributed by atoms with van der Waals surface area (Å²) >= 11 is 0. The van der Waals surface area contributed by atoms with Crippen molar-refractivity contribution in [1.29, 1.82) is 0 Å². The molecular formula is C11H15NO. The van der Waals surface area contributed by atoms with Gasteiger partial charge in [-0.15, -0.1) is 0 Å². The second-order valence-electron chi connectivity index (χ2n) is 3.58. The number of rotatable bonds is 2. The largest absolute Gasteiger partial charge is 0.364 e. The van der Waals surface area contributed by atoms with Gasteiger partial charge < -0.3 is 4.74 Å². The maximum Gasteiger partial charge on any atom is 0.0996 e.